The number of hydrogen-bond donors (Lipinski definition) is 1. The fraction of sp³-hybridized carbons (Fsp3) is 0.579. The molecule has 1 N–H and O–H groups in total. The number of rotatable bonds is 4. The highest BCUT2D eigenvalue weighted by molar-refractivity contribution is 5.89. The van der Waals surface area contributed by atoms with Gasteiger partial charge in [-0.3, -0.25) is 4.79 Å². The van der Waals surface area contributed by atoms with Crippen molar-refractivity contribution in [3.63, 3.8) is 0 Å². The van der Waals surface area contributed by atoms with Gasteiger partial charge in [0.1, 0.15) is 6.54 Å². The molecule has 3 aliphatic rings. The predicted octanol–water partition coefficient (Wildman–Crippen LogP) is 2.35. The van der Waals surface area contributed by atoms with Gasteiger partial charge in [-0.15, -0.1) is 0 Å². The van der Waals surface area contributed by atoms with E-state index in [-0.39, 0.29) is 31.0 Å². The number of nitrogens with zero attached hydrogens (tertiary/aromatic N) is 1. The van der Waals surface area contributed by atoms with Crippen molar-refractivity contribution < 1.29 is 14.3 Å². The van der Waals surface area contributed by atoms with Crippen LogP contribution in [0.4, 0.5) is 5.69 Å². The molecule has 5 nitrogen and oxygen atoms in total. The largest absolute Gasteiger partial charge is 0.423 e. The van der Waals surface area contributed by atoms with Gasteiger partial charge in [0.2, 0.25) is 5.91 Å². The molecule has 0 aromatic heterocycles. The monoisotopic (exact) mass is 328 g/mol. The summed E-state index contributed by atoms with van der Waals surface area (Å²) in [6, 6.07) is 7.57. The Hall–Kier alpha value is -2.04. The Morgan fingerprint density at radius 3 is 2.92 bits per heavy atom. The van der Waals surface area contributed by atoms with Crippen LogP contribution in [0.5, 0.6) is 5.75 Å². The number of esters is 1. The number of carbonyl (C=O) groups excluding carboxylic acids is 2. The van der Waals surface area contributed by atoms with Gasteiger partial charge >= 0.3 is 5.97 Å². The third-order valence-corrected chi connectivity index (χ3v) is 5.91. The van der Waals surface area contributed by atoms with Crippen molar-refractivity contribution in [3.05, 3.63) is 24.3 Å². The summed E-state index contributed by atoms with van der Waals surface area (Å²) in [5.74, 6) is 2.48. The number of hydrogen-bond acceptors (Lipinski definition) is 4. The van der Waals surface area contributed by atoms with Crippen LogP contribution in [0.3, 0.4) is 0 Å². The molecule has 1 heterocycles. The lowest BCUT2D eigenvalue weighted by Gasteiger charge is -2.31. The van der Waals surface area contributed by atoms with Crippen molar-refractivity contribution in [2.45, 2.75) is 38.6 Å². The maximum Gasteiger partial charge on any atom is 0.331 e. The summed E-state index contributed by atoms with van der Waals surface area (Å²) in [7, 11) is 0. The normalized spacial score (nSPS) is 29.1. The number of para-hydroxylation sites is 2. The molecule has 128 valence electrons. The van der Waals surface area contributed by atoms with Gasteiger partial charge in [-0.25, -0.2) is 4.79 Å². The molecule has 4 unspecified atom stereocenters. The number of benzene rings is 1. The standard InChI is InChI=1S/C19H24N2O3/c1-12(15-9-13-6-7-14(15)8-13)20-18(22)10-21-11-19(23)24-17-5-3-2-4-16(17)21/h2-5,12-15H,6-11H2,1H3,(H,20,22). The van der Waals surface area contributed by atoms with Crippen molar-refractivity contribution >= 4 is 17.6 Å². The Balaban J connectivity index is 1.38. The fourth-order valence-corrected chi connectivity index (χ4v) is 4.83. The molecule has 4 atom stereocenters. The van der Waals surface area contributed by atoms with Crippen molar-refractivity contribution in [1.82, 2.24) is 5.32 Å². The Labute approximate surface area is 142 Å². The van der Waals surface area contributed by atoms with E-state index in [2.05, 4.69) is 12.2 Å². The van der Waals surface area contributed by atoms with Gasteiger partial charge in [0.15, 0.2) is 5.75 Å². The minimum Gasteiger partial charge on any atom is -0.423 e. The van der Waals surface area contributed by atoms with Gasteiger partial charge in [0, 0.05) is 6.04 Å². The Kier molecular flexibility index (Phi) is 3.94. The van der Waals surface area contributed by atoms with E-state index in [0.29, 0.717) is 11.7 Å². The highest BCUT2D eigenvalue weighted by Gasteiger charge is 2.42. The van der Waals surface area contributed by atoms with Crippen LogP contribution >= 0.6 is 0 Å². The summed E-state index contributed by atoms with van der Waals surface area (Å²) in [6.45, 7) is 2.44. The molecule has 1 aromatic rings. The minimum atomic E-state index is -0.317. The maximum atomic E-state index is 12.5. The smallest absolute Gasteiger partial charge is 0.331 e. The second-order valence-corrected chi connectivity index (χ2v) is 7.49. The van der Waals surface area contributed by atoms with Crippen LogP contribution < -0.4 is 15.0 Å². The topological polar surface area (TPSA) is 58.6 Å². The fourth-order valence-electron chi connectivity index (χ4n) is 4.83. The number of fused-ring (bicyclic) bond motifs is 3. The molecule has 1 amide bonds. The zero-order valence-corrected chi connectivity index (χ0v) is 14.0. The third-order valence-electron chi connectivity index (χ3n) is 5.91. The van der Waals surface area contributed by atoms with E-state index in [0.717, 1.165) is 17.5 Å². The van der Waals surface area contributed by atoms with Gasteiger partial charge in [-0.05, 0) is 56.1 Å². The van der Waals surface area contributed by atoms with Gasteiger partial charge in [-0.2, -0.15) is 0 Å². The predicted molar refractivity (Wildman–Crippen MR) is 90.8 cm³/mol. The molecule has 4 rings (SSSR count). The van der Waals surface area contributed by atoms with Gasteiger partial charge in [0.05, 0.1) is 12.2 Å². The van der Waals surface area contributed by atoms with E-state index in [1.165, 1.54) is 25.7 Å². The molecule has 0 spiro atoms. The summed E-state index contributed by atoms with van der Waals surface area (Å²) >= 11 is 0. The quantitative estimate of drug-likeness (QED) is 0.681. The summed E-state index contributed by atoms with van der Waals surface area (Å²) in [6.07, 6.45) is 5.29. The van der Waals surface area contributed by atoms with Crippen LogP contribution in [-0.2, 0) is 9.59 Å². The molecule has 1 aliphatic heterocycles. The highest BCUT2D eigenvalue weighted by atomic mass is 16.5. The van der Waals surface area contributed by atoms with Gasteiger partial charge < -0.3 is 15.0 Å². The van der Waals surface area contributed by atoms with E-state index < -0.39 is 0 Å². The second kappa shape index (κ2) is 6.11. The van der Waals surface area contributed by atoms with Gasteiger partial charge in [0.25, 0.3) is 0 Å². The molecule has 2 bridgehead atoms. The SMILES string of the molecule is CC(NC(=O)CN1CC(=O)Oc2ccccc21)C1CC2CCC1C2. The van der Waals surface area contributed by atoms with Crippen LogP contribution in [0.1, 0.15) is 32.6 Å². The first-order valence-corrected chi connectivity index (χ1v) is 8.94. The van der Waals surface area contributed by atoms with E-state index >= 15 is 0 Å². The molecule has 0 radical (unpaired) electrons. The average molecular weight is 328 g/mol. The first-order valence-electron chi connectivity index (χ1n) is 8.94. The summed E-state index contributed by atoms with van der Waals surface area (Å²) in [5, 5.41) is 3.17. The molecule has 2 fully saturated rings. The summed E-state index contributed by atoms with van der Waals surface area (Å²) in [4.78, 5) is 26.0. The van der Waals surface area contributed by atoms with Crippen LogP contribution in [0.2, 0.25) is 0 Å². The highest BCUT2D eigenvalue weighted by Crippen LogP contribution is 2.49. The lowest BCUT2D eigenvalue weighted by Crippen LogP contribution is -2.47. The lowest BCUT2D eigenvalue weighted by atomic mass is 9.84. The molecule has 5 heteroatoms. The Bertz CT molecular complexity index is 660. The Morgan fingerprint density at radius 2 is 2.17 bits per heavy atom. The van der Waals surface area contributed by atoms with Crippen molar-refractivity contribution in [1.29, 1.82) is 0 Å². The number of nitrogens with one attached hydrogen (secondary N) is 1. The van der Waals surface area contributed by atoms with Crippen molar-refractivity contribution in [3.8, 4) is 5.75 Å². The average Bonchev–Trinajstić information content (AvgIpc) is 3.17. The van der Waals surface area contributed by atoms with Gasteiger partial charge in [-0.1, -0.05) is 18.6 Å². The molecule has 2 saturated carbocycles. The second-order valence-electron chi connectivity index (χ2n) is 7.49. The van der Waals surface area contributed by atoms with Crippen molar-refractivity contribution in [2.24, 2.45) is 17.8 Å². The van der Waals surface area contributed by atoms with Crippen LogP contribution in [0, 0.1) is 17.8 Å². The molecular formula is C19H24N2O3. The van der Waals surface area contributed by atoms with Crippen molar-refractivity contribution in [2.75, 3.05) is 18.0 Å². The number of amides is 1. The van der Waals surface area contributed by atoms with E-state index in [9.17, 15) is 9.59 Å². The lowest BCUT2D eigenvalue weighted by molar-refractivity contribution is -0.133. The molecule has 1 aromatic carbocycles. The Morgan fingerprint density at radius 1 is 1.33 bits per heavy atom. The number of anilines is 1. The zero-order valence-electron chi connectivity index (χ0n) is 14.0. The van der Waals surface area contributed by atoms with E-state index in [1.54, 1.807) is 11.0 Å². The molecular weight excluding hydrogens is 304 g/mol. The molecule has 0 saturated heterocycles. The summed E-state index contributed by atoms with van der Waals surface area (Å²) < 4.78 is 5.23. The third kappa shape index (κ3) is 2.87. The first kappa shape index (κ1) is 15.5. The van der Waals surface area contributed by atoms with E-state index in [4.69, 9.17) is 4.74 Å². The molecule has 2 aliphatic carbocycles. The van der Waals surface area contributed by atoms with Crippen LogP contribution in [0.15, 0.2) is 24.3 Å². The summed E-state index contributed by atoms with van der Waals surface area (Å²) in [5.41, 5.74) is 0.805. The number of carbonyl (C=O) groups is 2. The van der Waals surface area contributed by atoms with E-state index in [1.807, 2.05) is 18.2 Å². The number of ether oxygens (including phenoxy) is 1. The van der Waals surface area contributed by atoms with Crippen LogP contribution in [-0.4, -0.2) is 31.0 Å². The minimum absolute atomic E-state index is 0.0187. The maximum absolute atomic E-state index is 12.5. The molecule has 24 heavy (non-hydrogen) atoms. The van der Waals surface area contributed by atoms with Crippen LogP contribution in [0.25, 0.3) is 0 Å². The zero-order chi connectivity index (χ0) is 16.7. The first-order chi connectivity index (χ1) is 11.6.